The lowest BCUT2D eigenvalue weighted by Crippen LogP contribution is -1.82. The number of carbonyl (C=O) groups is 1. The molecule has 0 spiro atoms. The van der Waals surface area contributed by atoms with Gasteiger partial charge < -0.3 is 14.9 Å². The molecule has 0 aromatic carbocycles. The van der Waals surface area contributed by atoms with E-state index in [1.165, 1.54) is 0 Å². The van der Waals surface area contributed by atoms with Crippen molar-refractivity contribution in [1.29, 1.82) is 0 Å². The van der Waals surface area contributed by atoms with Gasteiger partial charge in [0.25, 0.3) is 0 Å². The molecule has 0 fully saturated rings. The molecule has 0 radical (unpaired) electrons. The average Bonchev–Trinajstić information content (AvgIpc) is 1.85. The molecule has 0 saturated carbocycles. The van der Waals surface area contributed by atoms with Gasteiger partial charge in [0.05, 0.1) is 0 Å². The highest BCUT2D eigenvalue weighted by molar-refractivity contribution is 7.46. The zero-order valence-electron chi connectivity index (χ0n) is 5.76. The Bertz CT molecular complexity index is 187. The Kier molecular flexibility index (Phi) is 10.2. The molecule has 3 N–H and O–H groups in total. The van der Waals surface area contributed by atoms with E-state index in [2.05, 4.69) is 10.9 Å². The maximum Gasteiger partial charge on any atom is 0.327 e. The van der Waals surface area contributed by atoms with Gasteiger partial charge in [-0.2, -0.15) is 0 Å². The number of hydrogen-bond donors (Lipinski definition) is 3. The van der Waals surface area contributed by atoms with E-state index >= 15 is 0 Å². The summed E-state index contributed by atoms with van der Waals surface area (Å²) < 4.78 is 22.3. The van der Waals surface area contributed by atoms with Gasteiger partial charge in [-0.3, -0.25) is 9.13 Å². The minimum absolute atomic E-state index is 0.833. The van der Waals surface area contributed by atoms with Crippen molar-refractivity contribution in [2.45, 2.75) is 0 Å². The first kappa shape index (κ1) is 14.1. The van der Waals surface area contributed by atoms with Gasteiger partial charge in [0.15, 0.2) is 0 Å². The summed E-state index contributed by atoms with van der Waals surface area (Å²) in [6.07, 6.45) is 0.833. The molecule has 0 aliphatic heterocycles. The predicted octanol–water partition coefficient (Wildman–Crippen LogP) is 0.0240. The zero-order chi connectivity index (χ0) is 10.1. The molecule has 0 bridgehead atoms. The lowest BCUT2D eigenvalue weighted by atomic mass is 10.7. The maximum absolute atomic E-state index is 9.44. The average molecular weight is 218 g/mol. The van der Waals surface area contributed by atoms with Gasteiger partial charge in [0.2, 0.25) is 0 Å². The summed E-state index contributed by atoms with van der Waals surface area (Å²) in [7, 11) is -6.40. The maximum atomic E-state index is 9.44. The van der Waals surface area contributed by atoms with Crippen LogP contribution in [0.15, 0.2) is 12.7 Å². The van der Waals surface area contributed by atoms with Crippen LogP contribution in [0.1, 0.15) is 0 Å². The van der Waals surface area contributed by atoms with Gasteiger partial charge in [-0.25, -0.2) is 9.11 Å². The molecule has 0 saturated heterocycles. The van der Waals surface area contributed by atoms with Crippen molar-refractivity contribution >= 4 is 22.5 Å². The smallest absolute Gasteiger partial charge is 0.327 e. The summed E-state index contributed by atoms with van der Waals surface area (Å²) in [6, 6.07) is 0. The fourth-order valence-electron chi connectivity index (χ4n) is 0.0747. The Morgan fingerprint density at radius 1 is 1.33 bits per heavy atom. The van der Waals surface area contributed by atoms with E-state index in [9.17, 15) is 13.9 Å². The molecule has 2 atom stereocenters. The summed E-state index contributed by atoms with van der Waals surface area (Å²) >= 11 is 0. The molecule has 0 aromatic heterocycles. The van der Waals surface area contributed by atoms with Crippen LogP contribution in [0, 0.1) is 0 Å². The molecule has 0 aliphatic rings. The van der Waals surface area contributed by atoms with Crippen molar-refractivity contribution in [1.82, 2.24) is 0 Å². The lowest BCUT2D eigenvalue weighted by molar-refractivity contribution is -0.131. The Labute approximate surface area is 69.2 Å². The van der Waals surface area contributed by atoms with Crippen LogP contribution in [0.2, 0.25) is 0 Å². The summed E-state index contributed by atoms with van der Waals surface area (Å²) in [5, 5.41) is 7.60. The fraction of sp³-hybridized carbons (Fsp3) is 0. The van der Waals surface area contributed by atoms with E-state index in [0.29, 0.717) is 0 Å². The Morgan fingerprint density at radius 2 is 1.58 bits per heavy atom. The summed E-state index contributed by atoms with van der Waals surface area (Å²) in [6.45, 7) is 2.96. The predicted molar refractivity (Wildman–Crippen MR) is 41.4 cm³/mol. The van der Waals surface area contributed by atoms with Crippen LogP contribution in [-0.2, 0) is 18.2 Å². The first-order valence-corrected chi connectivity index (χ1v) is 4.92. The first-order valence-electron chi connectivity index (χ1n) is 2.39. The normalized spacial score (nSPS) is 13.5. The minimum Gasteiger partial charge on any atom is -0.478 e. The molecule has 0 heterocycles. The third kappa shape index (κ3) is 22.7. The van der Waals surface area contributed by atoms with Gasteiger partial charge in [-0.15, -0.1) is 0 Å². The van der Waals surface area contributed by atoms with Gasteiger partial charge in [-0.1, -0.05) is 6.58 Å². The van der Waals surface area contributed by atoms with Crippen LogP contribution in [-0.4, -0.2) is 20.9 Å². The van der Waals surface area contributed by atoms with E-state index in [0.717, 1.165) is 6.08 Å². The van der Waals surface area contributed by atoms with Crippen LogP contribution in [0.4, 0.5) is 0 Å². The summed E-state index contributed by atoms with van der Waals surface area (Å²) in [5.41, 5.74) is 0. The molecule has 12 heavy (non-hydrogen) atoms. The number of carboxylic acids is 1. The zero-order valence-corrected chi connectivity index (χ0v) is 7.76. The lowest BCUT2D eigenvalue weighted by Gasteiger charge is -1.86. The van der Waals surface area contributed by atoms with Crippen molar-refractivity contribution in [3.63, 3.8) is 0 Å². The third-order valence-corrected chi connectivity index (χ3v) is 1.75. The van der Waals surface area contributed by atoms with Crippen molar-refractivity contribution in [3.05, 3.63) is 12.7 Å². The highest BCUT2D eigenvalue weighted by Gasteiger charge is 1.93. The van der Waals surface area contributed by atoms with Gasteiger partial charge >= 0.3 is 22.5 Å². The molecular weight excluding hydrogens is 210 g/mol. The van der Waals surface area contributed by atoms with Crippen molar-refractivity contribution < 1.29 is 33.1 Å². The van der Waals surface area contributed by atoms with Gasteiger partial charge in [0, 0.05) is 6.08 Å². The van der Waals surface area contributed by atoms with E-state index < -0.39 is 22.5 Å². The van der Waals surface area contributed by atoms with Gasteiger partial charge in [-0.05, 0) is 0 Å². The monoisotopic (exact) mass is 218 g/mol. The molecule has 0 rings (SSSR count). The molecule has 2 unspecified atom stereocenters. The van der Waals surface area contributed by atoms with Crippen LogP contribution in [0.25, 0.3) is 0 Å². The van der Waals surface area contributed by atoms with Crippen molar-refractivity contribution in [2.75, 3.05) is 0 Å². The van der Waals surface area contributed by atoms with Crippen molar-refractivity contribution in [2.24, 2.45) is 0 Å². The van der Waals surface area contributed by atoms with E-state index in [-0.39, 0.29) is 0 Å². The molecule has 72 valence electrons. The minimum atomic E-state index is -3.20. The Morgan fingerprint density at radius 3 is 1.58 bits per heavy atom. The highest BCUT2D eigenvalue weighted by Crippen LogP contribution is 2.30. The largest absolute Gasteiger partial charge is 0.478 e. The fourth-order valence-corrected chi connectivity index (χ4v) is 0.672. The SMILES string of the molecule is C=CC(=O)O.O=[PH](O)O[PH](=O)O. The van der Waals surface area contributed by atoms with E-state index in [4.69, 9.17) is 14.9 Å². The van der Waals surface area contributed by atoms with Crippen LogP contribution in [0.5, 0.6) is 0 Å². The second kappa shape index (κ2) is 8.64. The molecule has 7 nitrogen and oxygen atoms in total. The highest BCUT2D eigenvalue weighted by atomic mass is 31.2. The summed E-state index contributed by atoms with van der Waals surface area (Å²) in [5.74, 6) is -0.981. The second-order valence-electron chi connectivity index (χ2n) is 1.18. The van der Waals surface area contributed by atoms with Crippen molar-refractivity contribution in [3.8, 4) is 0 Å². The molecule has 0 amide bonds. The van der Waals surface area contributed by atoms with E-state index in [1.807, 2.05) is 0 Å². The molecule has 9 heteroatoms. The van der Waals surface area contributed by atoms with Crippen LogP contribution >= 0.6 is 16.5 Å². The Balaban J connectivity index is 0. The summed E-state index contributed by atoms with van der Waals surface area (Å²) in [4.78, 5) is 24.7. The first-order chi connectivity index (χ1) is 5.40. The standard InChI is InChI=1S/C3H4O2.H4O5P2/c1-2-3(4)5;1-6(2)5-7(3)4/h2H,1H2,(H,4,5);6-7H,(H,1,2)(H,3,4). The number of rotatable bonds is 3. The molecular formula is C3H8O7P2. The Hall–Kier alpha value is -0.450. The topological polar surface area (TPSA) is 121 Å². The van der Waals surface area contributed by atoms with Crippen LogP contribution < -0.4 is 0 Å². The van der Waals surface area contributed by atoms with Gasteiger partial charge in [0.1, 0.15) is 0 Å². The molecule has 0 aliphatic carbocycles. The molecule has 0 aromatic rings. The van der Waals surface area contributed by atoms with Crippen LogP contribution in [0.3, 0.4) is 0 Å². The van der Waals surface area contributed by atoms with E-state index in [1.54, 1.807) is 0 Å². The third-order valence-electron chi connectivity index (χ3n) is 0.349. The number of hydrogen-bond acceptors (Lipinski definition) is 4. The quantitative estimate of drug-likeness (QED) is 0.451. The number of carboxylic acid groups (broad SMARTS) is 1. The second-order valence-corrected chi connectivity index (χ2v) is 3.06. The number of aliphatic carboxylic acids is 1.